The highest BCUT2D eigenvalue weighted by Gasteiger charge is 2.23. The Morgan fingerprint density at radius 3 is 1.33 bits per heavy atom. The fraction of sp³-hybridized carbons (Fsp3) is 0. The van der Waals surface area contributed by atoms with Gasteiger partial charge in [-0.15, -0.1) is 11.3 Å². The van der Waals surface area contributed by atoms with Crippen molar-refractivity contribution >= 4 is 68.7 Å². The van der Waals surface area contributed by atoms with Crippen molar-refractivity contribution in [3.63, 3.8) is 0 Å². The summed E-state index contributed by atoms with van der Waals surface area (Å²) in [5, 5.41) is 6.70. The molecule has 218 valence electrons. The topological polar surface area (TPSA) is 70.1 Å². The van der Waals surface area contributed by atoms with E-state index in [4.69, 9.17) is 31.5 Å². The third kappa shape index (κ3) is 6.38. The Kier molecular flexibility index (Phi) is 8.13. The number of hydrogen-bond acceptors (Lipinski definition) is 8. The summed E-state index contributed by atoms with van der Waals surface area (Å²) in [4.78, 5) is 23.9. The molecule has 0 aliphatic heterocycles. The van der Waals surface area contributed by atoms with Gasteiger partial charge in [-0.2, -0.15) is 15.0 Å². The highest BCUT2D eigenvalue weighted by molar-refractivity contribution is 7.14. The first-order valence-electron chi connectivity index (χ1n) is 14.3. The lowest BCUT2D eigenvalue weighted by Crippen LogP contribution is -2.19. The molecule has 2 aromatic heterocycles. The van der Waals surface area contributed by atoms with E-state index in [2.05, 4.69) is 5.32 Å². The van der Waals surface area contributed by atoms with Gasteiger partial charge >= 0.3 is 0 Å². The van der Waals surface area contributed by atoms with Crippen molar-refractivity contribution in [1.82, 2.24) is 19.9 Å². The molecule has 0 unspecified atom stereocenters. The number of nitrogens with zero attached hydrogens (tertiary/aromatic N) is 6. The monoisotopic (exact) mass is 623 g/mol. The Morgan fingerprint density at radius 2 is 0.911 bits per heavy atom. The smallest absolute Gasteiger partial charge is 0.241 e. The Balaban J connectivity index is 1.38. The number of benzene rings is 5. The molecule has 7 aromatic rings. The molecule has 0 fully saturated rings. The Morgan fingerprint density at radius 1 is 0.489 bits per heavy atom. The van der Waals surface area contributed by atoms with Crippen LogP contribution in [0.15, 0.2) is 151 Å². The maximum absolute atomic E-state index is 6.11. The van der Waals surface area contributed by atoms with Crippen LogP contribution in [0.5, 0.6) is 0 Å². The molecule has 0 saturated heterocycles. The Labute approximate surface area is 270 Å². The zero-order valence-corrected chi connectivity index (χ0v) is 25.5. The quantitative estimate of drug-likeness (QED) is 0.171. The normalized spacial score (nSPS) is 10.8. The standard InChI is InChI=1S/C36H26ClN7S/c37-27-23-21-26(22-24-27)32-25-45-36(38-32)41-33-39-34(43(28-13-5-1-6-14-28)29-15-7-2-8-16-29)42-35(40-33)44(30-17-9-3-10-18-30)31-19-11-4-12-20-31/h1-25H,(H,38,39,40,41,42). The van der Waals surface area contributed by atoms with Crippen molar-refractivity contribution in [3.05, 3.63) is 156 Å². The van der Waals surface area contributed by atoms with Crippen molar-refractivity contribution in [2.24, 2.45) is 0 Å². The number of hydrogen-bond donors (Lipinski definition) is 1. The minimum absolute atomic E-state index is 0.362. The zero-order chi connectivity index (χ0) is 30.4. The molecule has 0 saturated carbocycles. The van der Waals surface area contributed by atoms with Gasteiger partial charge in [0.25, 0.3) is 0 Å². The summed E-state index contributed by atoms with van der Waals surface area (Å²) in [6, 6.07) is 47.9. The van der Waals surface area contributed by atoms with E-state index < -0.39 is 0 Å². The van der Waals surface area contributed by atoms with Crippen LogP contribution in [0.25, 0.3) is 11.3 Å². The molecule has 7 nitrogen and oxygen atoms in total. The van der Waals surface area contributed by atoms with Crippen LogP contribution in [0, 0.1) is 0 Å². The van der Waals surface area contributed by atoms with Gasteiger partial charge in [0.2, 0.25) is 17.8 Å². The number of para-hydroxylation sites is 4. The summed E-state index contributed by atoms with van der Waals surface area (Å²) in [6.45, 7) is 0. The van der Waals surface area contributed by atoms with E-state index in [0.717, 1.165) is 34.0 Å². The second-order valence-electron chi connectivity index (χ2n) is 9.94. The lowest BCUT2D eigenvalue weighted by atomic mass is 10.2. The number of anilines is 8. The van der Waals surface area contributed by atoms with E-state index in [9.17, 15) is 0 Å². The average molecular weight is 624 g/mol. The summed E-state index contributed by atoms with van der Waals surface area (Å²) in [7, 11) is 0. The number of nitrogens with one attached hydrogen (secondary N) is 1. The first kappa shape index (κ1) is 28.2. The maximum Gasteiger partial charge on any atom is 0.241 e. The predicted molar refractivity (Wildman–Crippen MR) is 185 cm³/mol. The van der Waals surface area contributed by atoms with E-state index in [1.807, 2.05) is 161 Å². The Hall–Kier alpha value is -5.57. The third-order valence-electron chi connectivity index (χ3n) is 6.93. The van der Waals surface area contributed by atoms with Crippen LogP contribution in [0.4, 0.5) is 45.7 Å². The van der Waals surface area contributed by atoms with Gasteiger partial charge in [0, 0.05) is 38.7 Å². The molecule has 0 amide bonds. The second kappa shape index (κ2) is 13.0. The molecule has 5 aromatic carbocycles. The average Bonchev–Trinajstić information content (AvgIpc) is 3.56. The summed E-state index contributed by atoms with van der Waals surface area (Å²) < 4.78 is 0. The lowest BCUT2D eigenvalue weighted by molar-refractivity contribution is 0.987. The molecule has 45 heavy (non-hydrogen) atoms. The summed E-state index contributed by atoms with van der Waals surface area (Å²) in [5.41, 5.74) is 5.46. The molecule has 0 radical (unpaired) electrons. The van der Waals surface area contributed by atoms with Crippen LogP contribution in [0.3, 0.4) is 0 Å². The predicted octanol–water partition coefficient (Wildman–Crippen LogP) is 10.3. The van der Waals surface area contributed by atoms with Crippen molar-refractivity contribution < 1.29 is 0 Å². The summed E-state index contributed by atoms with van der Waals surface area (Å²) >= 11 is 7.58. The van der Waals surface area contributed by atoms with Gasteiger partial charge in [-0.25, -0.2) is 4.98 Å². The minimum Gasteiger partial charge on any atom is -0.300 e. The zero-order valence-electron chi connectivity index (χ0n) is 23.9. The van der Waals surface area contributed by atoms with E-state index in [-0.39, 0.29) is 0 Å². The van der Waals surface area contributed by atoms with Gasteiger partial charge in [0.15, 0.2) is 5.13 Å². The molecule has 1 N–H and O–H groups in total. The van der Waals surface area contributed by atoms with Crippen molar-refractivity contribution in [2.45, 2.75) is 0 Å². The Bertz CT molecular complexity index is 1810. The van der Waals surface area contributed by atoms with Gasteiger partial charge in [0.05, 0.1) is 5.69 Å². The number of rotatable bonds is 9. The van der Waals surface area contributed by atoms with Crippen LogP contribution in [0.2, 0.25) is 5.02 Å². The molecule has 0 bridgehead atoms. The molecule has 0 spiro atoms. The molecular weight excluding hydrogens is 598 g/mol. The first-order chi connectivity index (χ1) is 22.2. The largest absolute Gasteiger partial charge is 0.300 e. The fourth-order valence-electron chi connectivity index (χ4n) is 4.86. The highest BCUT2D eigenvalue weighted by atomic mass is 35.5. The third-order valence-corrected chi connectivity index (χ3v) is 7.94. The van der Waals surface area contributed by atoms with Crippen molar-refractivity contribution in [1.29, 1.82) is 0 Å². The molecule has 9 heteroatoms. The summed E-state index contributed by atoms with van der Waals surface area (Å²) in [5.74, 6) is 1.26. The number of halogens is 1. The van der Waals surface area contributed by atoms with Crippen molar-refractivity contribution in [3.8, 4) is 11.3 Å². The molecule has 7 rings (SSSR count). The van der Waals surface area contributed by atoms with Crippen LogP contribution in [-0.2, 0) is 0 Å². The van der Waals surface area contributed by atoms with Gasteiger partial charge in [-0.3, -0.25) is 15.1 Å². The molecule has 0 aliphatic carbocycles. The van der Waals surface area contributed by atoms with E-state index in [0.29, 0.717) is 28.0 Å². The lowest BCUT2D eigenvalue weighted by Gasteiger charge is -2.27. The van der Waals surface area contributed by atoms with E-state index >= 15 is 0 Å². The minimum atomic E-state index is 0.362. The van der Waals surface area contributed by atoms with Crippen molar-refractivity contribution in [2.75, 3.05) is 15.1 Å². The SMILES string of the molecule is Clc1ccc(-c2csc(Nc3nc(N(c4ccccc4)c4ccccc4)nc(N(c4ccccc4)c4ccccc4)n3)n2)cc1. The number of thiazole rings is 1. The molecule has 0 atom stereocenters. The fourth-order valence-corrected chi connectivity index (χ4v) is 5.70. The van der Waals surface area contributed by atoms with Gasteiger partial charge in [0.1, 0.15) is 0 Å². The van der Waals surface area contributed by atoms with Crippen LogP contribution >= 0.6 is 22.9 Å². The first-order valence-corrected chi connectivity index (χ1v) is 15.5. The highest BCUT2D eigenvalue weighted by Crippen LogP contribution is 2.37. The van der Waals surface area contributed by atoms with E-state index in [1.54, 1.807) is 0 Å². The molecule has 0 aliphatic rings. The van der Waals surface area contributed by atoms with Gasteiger partial charge in [-0.1, -0.05) is 96.5 Å². The summed E-state index contributed by atoms with van der Waals surface area (Å²) in [6.07, 6.45) is 0. The second-order valence-corrected chi connectivity index (χ2v) is 11.2. The van der Waals surface area contributed by atoms with Crippen LogP contribution in [0.1, 0.15) is 0 Å². The van der Waals surface area contributed by atoms with Crippen LogP contribution < -0.4 is 15.1 Å². The molecule has 2 heterocycles. The number of aromatic nitrogens is 4. The van der Waals surface area contributed by atoms with Gasteiger partial charge < -0.3 is 0 Å². The molecular formula is C36H26ClN7S. The van der Waals surface area contributed by atoms with Crippen LogP contribution in [-0.4, -0.2) is 19.9 Å². The maximum atomic E-state index is 6.11. The van der Waals surface area contributed by atoms with E-state index in [1.165, 1.54) is 11.3 Å². The van der Waals surface area contributed by atoms with Gasteiger partial charge in [-0.05, 0) is 60.7 Å².